The molecule has 0 saturated heterocycles. The molecule has 66 valence electrons. The van der Waals surface area contributed by atoms with Gasteiger partial charge in [0.25, 0.3) is 10.4 Å². The monoisotopic (exact) mass is 195 g/mol. The summed E-state index contributed by atoms with van der Waals surface area (Å²) in [5.74, 6) is -0.0882. The average Bonchev–Trinajstić information content (AvgIpc) is 2.07. The second kappa shape index (κ2) is 2.70. The molecule has 1 heterocycles. The summed E-state index contributed by atoms with van der Waals surface area (Å²) in [7, 11) is 0. The maximum atomic E-state index is 11.3. The fraction of sp³-hybridized carbons (Fsp3) is 0. The predicted molar refractivity (Wildman–Crippen MR) is 49.3 cm³/mol. The Bertz CT molecular complexity index is 569. The molecule has 0 aliphatic rings. The smallest absolute Gasteiger partial charge is 0.269 e. The molecular formula is C8H5NO3S. The Balaban J connectivity index is 3.12. The molecule has 2 N–H and O–H groups in total. The molecule has 0 radical (unpaired) electrons. The van der Waals surface area contributed by atoms with E-state index in [9.17, 15) is 9.90 Å². The van der Waals surface area contributed by atoms with Crippen molar-refractivity contribution in [2.24, 2.45) is 0 Å². The van der Waals surface area contributed by atoms with Crippen LogP contribution in [0, 0.1) is 4.84 Å². The molecule has 0 amide bonds. The number of hydrogen-bond donors (Lipinski definition) is 2. The summed E-state index contributed by atoms with van der Waals surface area (Å²) in [6.07, 6.45) is 0. The van der Waals surface area contributed by atoms with Crippen LogP contribution >= 0.6 is 12.2 Å². The third-order valence-corrected chi connectivity index (χ3v) is 1.83. The molecule has 4 nitrogen and oxygen atoms in total. The van der Waals surface area contributed by atoms with Crippen molar-refractivity contribution in [1.82, 2.24) is 4.98 Å². The highest BCUT2D eigenvalue weighted by molar-refractivity contribution is 7.71. The minimum Gasteiger partial charge on any atom is -0.504 e. The first-order valence-electron chi connectivity index (χ1n) is 3.53. The molecule has 0 fully saturated rings. The van der Waals surface area contributed by atoms with E-state index in [1.54, 1.807) is 12.1 Å². The Kier molecular flexibility index (Phi) is 1.66. The standard InChI is InChI=1S/C8H5NO3S/c10-5-3-1-2-4-6(5)12-8(13)9-7(4)11/h1-3,10H,(H,9,11,13). The van der Waals surface area contributed by atoms with Gasteiger partial charge in [-0.1, -0.05) is 6.07 Å². The Morgan fingerprint density at radius 1 is 1.46 bits per heavy atom. The predicted octanol–water partition coefficient (Wildman–Crippen LogP) is 1.56. The summed E-state index contributed by atoms with van der Waals surface area (Å²) in [5.41, 5.74) is -0.238. The van der Waals surface area contributed by atoms with Gasteiger partial charge in [0.2, 0.25) is 0 Å². The van der Waals surface area contributed by atoms with E-state index in [0.717, 1.165) is 0 Å². The molecule has 1 aromatic heterocycles. The van der Waals surface area contributed by atoms with Gasteiger partial charge in [-0.15, -0.1) is 0 Å². The number of nitrogens with one attached hydrogen (secondary N) is 1. The van der Waals surface area contributed by atoms with E-state index in [1.807, 2.05) is 0 Å². The fourth-order valence-corrected chi connectivity index (χ4v) is 1.27. The molecule has 13 heavy (non-hydrogen) atoms. The molecule has 5 heteroatoms. The van der Waals surface area contributed by atoms with Gasteiger partial charge < -0.3 is 9.52 Å². The summed E-state index contributed by atoms with van der Waals surface area (Å²) in [6, 6.07) is 4.54. The van der Waals surface area contributed by atoms with Crippen LogP contribution in [-0.4, -0.2) is 10.1 Å². The Hall–Kier alpha value is -1.62. The molecule has 2 aromatic rings. The van der Waals surface area contributed by atoms with E-state index in [4.69, 9.17) is 4.42 Å². The lowest BCUT2D eigenvalue weighted by Gasteiger charge is -1.96. The number of para-hydroxylation sites is 1. The second-order valence-electron chi connectivity index (χ2n) is 2.50. The van der Waals surface area contributed by atoms with Crippen LogP contribution in [0.25, 0.3) is 11.0 Å². The highest BCUT2D eigenvalue weighted by Crippen LogP contribution is 2.20. The number of rotatable bonds is 0. The maximum Gasteiger partial charge on any atom is 0.269 e. The lowest BCUT2D eigenvalue weighted by molar-refractivity contribution is 0.456. The van der Waals surface area contributed by atoms with Gasteiger partial charge in [0.1, 0.15) is 0 Å². The van der Waals surface area contributed by atoms with Crippen LogP contribution in [0.2, 0.25) is 0 Å². The van der Waals surface area contributed by atoms with Crippen LogP contribution in [0.3, 0.4) is 0 Å². The van der Waals surface area contributed by atoms with Crippen LogP contribution in [-0.2, 0) is 0 Å². The van der Waals surface area contributed by atoms with Gasteiger partial charge in [-0.3, -0.25) is 9.78 Å². The van der Waals surface area contributed by atoms with Crippen LogP contribution in [0.5, 0.6) is 5.75 Å². The van der Waals surface area contributed by atoms with Crippen LogP contribution < -0.4 is 5.56 Å². The van der Waals surface area contributed by atoms with E-state index >= 15 is 0 Å². The van der Waals surface area contributed by atoms with Crippen LogP contribution in [0.15, 0.2) is 27.4 Å². The number of phenols is 1. The highest BCUT2D eigenvalue weighted by atomic mass is 32.1. The van der Waals surface area contributed by atoms with Crippen molar-refractivity contribution in [2.75, 3.05) is 0 Å². The summed E-state index contributed by atoms with van der Waals surface area (Å²) < 4.78 is 4.98. The number of fused-ring (bicyclic) bond motifs is 1. The normalized spacial score (nSPS) is 10.5. The molecule has 1 aromatic carbocycles. The molecule has 0 spiro atoms. The third-order valence-electron chi connectivity index (χ3n) is 1.65. The van der Waals surface area contributed by atoms with Crippen molar-refractivity contribution in [3.63, 3.8) is 0 Å². The fourth-order valence-electron chi connectivity index (χ4n) is 1.09. The quantitative estimate of drug-likeness (QED) is 0.626. The minimum atomic E-state index is -0.359. The first-order chi connectivity index (χ1) is 6.18. The molecule has 2 rings (SSSR count). The van der Waals surface area contributed by atoms with E-state index in [-0.39, 0.29) is 27.1 Å². The van der Waals surface area contributed by atoms with Gasteiger partial charge in [-0.25, -0.2) is 0 Å². The van der Waals surface area contributed by atoms with Crippen molar-refractivity contribution in [3.05, 3.63) is 33.4 Å². The number of aromatic nitrogens is 1. The Morgan fingerprint density at radius 2 is 2.23 bits per heavy atom. The summed E-state index contributed by atoms with van der Waals surface area (Å²) in [4.78, 5) is 13.5. The van der Waals surface area contributed by atoms with E-state index in [0.29, 0.717) is 0 Å². The van der Waals surface area contributed by atoms with Gasteiger partial charge in [-0.2, -0.15) is 0 Å². The lowest BCUT2D eigenvalue weighted by atomic mass is 10.2. The molecule has 0 atom stereocenters. The highest BCUT2D eigenvalue weighted by Gasteiger charge is 2.04. The largest absolute Gasteiger partial charge is 0.504 e. The van der Waals surface area contributed by atoms with Crippen LogP contribution in [0.4, 0.5) is 0 Å². The number of aromatic amines is 1. The van der Waals surface area contributed by atoms with Crippen molar-refractivity contribution in [2.45, 2.75) is 0 Å². The number of benzene rings is 1. The molecule has 0 saturated carbocycles. The minimum absolute atomic E-state index is 0.0426. The van der Waals surface area contributed by atoms with Gasteiger partial charge >= 0.3 is 0 Å². The summed E-state index contributed by atoms with van der Waals surface area (Å²) >= 11 is 4.65. The molecule has 0 aliphatic carbocycles. The Morgan fingerprint density at radius 3 is 3.00 bits per heavy atom. The Labute approximate surface area is 77.5 Å². The number of H-pyrrole nitrogens is 1. The van der Waals surface area contributed by atoms with Crippen LogP contribution in [0.1, 0.15) is 0 Å². The van der Waals surface area contributed by atoms with Crippen molar-refractivity contribution in [3.8, 4) is 5.75 Å². The maximum absolute atomic E-state index is 11.3. The number of phenolic OH excluding ortho intramolecular Hbond substituents is 1. The zero-order valence-corrected chi connectivity index (χ0v) is 7.22. The molecular weight excluding hydrogens is 190 g/mol. The van der Waals surface area contributed by atoms with Gasteiger partial charge in [0, 0.05) is 0 Å². The van der Waals surface area contributed by atoms with E-state index in [1.165, 1.54) is 6.07 Å². The lowest BCUT2D eigenvalue weighted by Crippen LogP contribution is -2.05. The van der Waals surface area contributed by atoms with E-state index < -0.39 is 0 Å². The second-order valence-corrected chi connectivity index (χ2v) is 2.87. The van der Waals surface area contributed by atoms with Crippen molar-refractivity contribution in [1.29, 1.82) is 0 Å². The zero-order valence-electron chi connectivity index (χ0n) is 6.40. The van der Waals surface area contributed by atoms with Gasteiger partial charge in [0.15, 0.2) is 11.3 Å². The van der Waals surface area contributed by atoms with Crippen molar-refractivity contribution < 1.29 is 9.52 Å². The molecule has 0 bridgehead atoms. The average molecular weight is 195 g/mol. The zero-order chi connectivity index (χ0) is 9.42. The topological polar surface area (TPSA) is 66.2 Å². The number of aromatic hydroxyl groups is 1. The summed E-state index contributed by atoms with van der Waals surface area (Å²) in [6.45, 7) is 0. The van der Waals surface area contributed by atoms with E-state index in [2.05, 4.69) is 17.2 Å². The summed E-state index contributed by atoms with van der Waals surface area (Å²) in [5, 5.41) is 9.61. The first-order valence-corrected chi connectivity index (χ1v) is 3.94. The van der Waals surface area contributed by atoms with Crippen molar-refractivity contribution >= 4 is 23.2 Å². The first kappa shape index (κ1) is 8.00. The third kappa shape index (κ3) is 1.23. The number of hydrogen-bond acceptors (Lipinski definition) is 4. The SMILES string of the molecule is O=c1[nH]c(=S)oc2c(O)cccc12. The molecule has 0 aliphatic heterocycles. The van der Waals surface area contributed by atoms with Gasteiger partial charge in [0.05, 0.1) is 5.39 Å². The molecule has 0 unspecified atom stereocenters. The van der Waals surface area contributed by atoms with Gasteiger partial charge in [-0.05, 0) is 24.4 Å².